The second-order valence-electron chi connectivity index (χ2n) is 3.98. The van der Waals surface area contributed by atoms with Crippen molar-refractivity contribution < 1.29 is 0 Å². The van der Waals surface area contributed by atoms with E-state index in [1.165, 1.54) is 0 Å². The number of nitriles is 1. The number of rotatable bonds is 2. The first-order valence-corrected chi connectivity index (χ1v) is 6.07. The van der Waals surface area contributed by atoms with Gasteiger partial charge in [0.1, 0.15) is 0 Å². The molecule has 0 bridgehead atoms. The Labute approximate surface area is 116 Å². The summed E-state index contributed by atoms with van der Waals surface area (Å²) >= 11 is 11.9. The fourth-order valence-electron chi connectivity index (χ4n) is 1.76. The molecule has 2 aromatic carbocycles. The van der Waals surface area contributed by atoms with Crippen molar-refractivity contribution in [2.75, 3.05) is 5.73 Å². The summed E-state index contributed by atoms with van der Waals surface area (Å²) in [7, 11) is 0. The Morgan fingerprint density at radius 2 is 1.72 bits per heavy atom. The highest BCUT2D eigenvalue weighted by Gasteiger charge is 2.04. The molecule has 0 saturated carbocycles. The van der Waals surface area contributed by atoms with Gasteiger partial charge in [-0.2, -0.15) is 5.26 Å². The highest BCUT2D eigenvalue weighted by Crippen LogP contribution is 2.23. The van der Waals surface area contributed by atoms with Crippen LogP contribution in [0.4, 0.5) is 5.69 Å². The van der Waals surface area contributed by atoms with Crippen LogP contribution in [-0.4, -0.2) is 0 Å². The number of hydrogen-bond donors (Lipinski definition) is 1. The van der Waals surface area contributed by atoms with Crippen LogP contribution >= 0.6 is 23.2 Å². The molecule has 0 saturated heterocycles. The molecule has 0 aliphatic carbocycles. The molecule has 0 atom stereocenters. The normalized spacial score (nSPS) is 10.1. The van der Waals surface area contributed by atoms with E-state index in [4.69, 9.17) is 34.2 Å². The number of nitrogens with zero attached hydrogens (tertiary/aromatic N) is 1. The van der Waals surface area contributed by atoms with Crippen LogP contribution in [0.25, 0.3) is 0 Å². The number of nitrogens with two attached hydrogens (primary N) is 1. The van der Waals surface area contributed by atoms with Crippen molar-refractivity contribution in [2.24, 2.45) is 0 Å². The minimum atomic E-state index is 0.556. The lowest BCUT2D eigenvalue weighted by molar-refractivity contribution is 1.19. The molecule has 2 nitrogen and oxygen atoms in total. The van der Waals surface area contributed by atoms with Crippen molar-refractivity contribution in [1.29, 1.82) is 5.26 Å². The van der Waals surface area contributed by atoms with Gasteiger partial charge in [0, 0.05) is 15.7 Å². The Bertz CT molecular complexity index is 610. The van der Waals surface area contributed by atoms with Gasteiger partial charge < -0.3 is 5.73 Å². The molecule has 0 heterocycles. The van der Waals surface area contributed by atoms with Gasteiger partial charge in [0.15, 0.2) is 0 Å². The third-order valence-corrected chi connectivity index (χ3v) is 3.03. The summed E-state index contributed by atoms with van der Waals surface area (Å²) in [6.07, 6.45) is 0.637. The van der Waals surface area contributed by atoms with E-state index in [2.05, 4.69) is 6.07 Å². The zero-order valence-electron chi connectivity index (χ0n) is 9.45. The first kappa shape index (κ1) is 12.8. The molecule has 2 rings (SSSR count). The van der Waals surface area contributed by atoms with E-state index in [0.717, 1.165) is 11.1 Å². The Morgan fingerprint density at radius 3 is 2.28 bits per heavy atom. The molecule has 0 radical (unpaired) electrons. The molecule has 18 heavy (non-hydrogen) atoms. The fraction of sp³-hybridized carbons (Fsp3) is 0.0714. The molecule has 0 amide bonds. The predicted molar refractivity (Wildman–Crippen MR) is 74.8 cm³/mol. The molecule has 90 valence electrons. The fourth-order valence-corrected chi connectivity index (χ4v) is 2.33. The number of hydrogen-bond acceptors (Lipinski definition) is 2. The lowest BCUT2D eigenvalue weighted by Gasteiger charge is -2.07. The molecule has 0 fully saturated rings. The molecule has 2 N–H and O–H groups in total. The van der Waals surface area contributed by atoms with Crippen molar-refractivity contribution in [3.63, 3.8) is 0 Å². The van der Waals surface area contributed by atoms with Crippen LogP contribution in [0.5, 0.6) is 0 Å². The van der Waals surface area contributed by atoms with Crippen LogP contribution in [-0.2, 0) is 6.42 Å². The summed E-state index contributed by atoms with van der Waals surface area (Å²) in [5.74, 6) is 0. The van der Waals surface area contributed by atoms with Gasteiger partial charge in [-0.1, -0.05) is 29.3 Å². The number of nitrogen functional groups attached to an aromatic ring is 1. The average molecular weight is 278 g/mol. The highest BCUT2D eigenvalue weighted by atomic mass is 35.5. The summed E-state index contributed by atoms with van der Waals surface area (Å²) in [4.78, 5) is 0. The molecule has 0 spiro atoms. The monoisotopic (exact) mass is 277 g/mol. The topological polar surface area (TPSA) is 49.8 Å². The maximum absolute atomic E-state index is 8.77. The molecule has 2 aromatic rings. The Morgan fingerprint density at radius 1 is 1.06 bits per heavy atom. The van der Waals surface area contributed by atoms with E-state index >= 15 is 0 Å². The average Bonchev–Trinajstić information content (AvgIpc) is 2.30. The van der Waals surface area contributed by atoms with E-state index in [9.17, 15) is 0 Å². The molecule has 0 aliphatic rings. The molecular formula is C14H10Cl2N2. The lowest BCUT2D eigenvalue weighted by atomic mass is 10.0. The predicted octanol–water partition coefficient (Wildman–Crippen LogP) is 4.04. The van der Waals surface area contributed by atoms with Crippen LogP contribution in [0.15, 0.2) is 36.4 Å². The van der Waals surface area contributed by atoms with Crippen molar-refractivity contribution in [1.82, 2.24) is 0 Å². The summed E-state index contributed by atoms with van der Waals surface area (Å²) in [6, 6.07) is 12.7. The quantitative estimate of drug-likeness (QED) is 0.665. The molecule has 0 unspecified atom stereocenters. The van der Waals surface area contributed by atoms with Crippen LogP contribution in [0.1, 0.15) is 16.7 Å². The van der Waals surface area contributed by atoms with E-state index in [-0.39, 0.29) is 0 Å². The summed E-state index contributed by atoms with van der Waals surface area (Å²) in [5, 5.41) is 9.98. The minimum Gasteiger partial charge on any atom is -0.398 e. The summed E-state index contributed by atoms with van der Waals surface area (Å²) in [6.45, 7) is 0. The van der Waals surface area contributed by atoms with Crippen molar-refractivity contribution in [3.05, 3.63) is 63.1 Å². The van der Waals surface area contributed by atoms with Gasteiger partial charge in [-0.05, 0) is 47.9 Å². The molecule has 0 aliphatic heterocycles. The van der Waals surface area contributed by atoms with E-state index in [0.29, 0.717) is 27.7 Å². The highest BCUT2D eigenvalue weighted by molar-refractivity contribution is 6.34. The Balaban J connectivity index is 2.31. The van der Waals surface area contributed by atoms with Crippen LogP contribution in [0, 0.1) is 11.3 Å². The second kappa shape index (κ2) is 5.30. The Hall–Kier alpha value is -1.69. The first-order chi connectivity index (χ1) is 8.58. The lowest BCUT2D eigenvalue weighted by Crippen LogP contribution is -1.96. The molecule has 4 heteroatoms. The van der Waals surface area contributed by atoms with E-state index < -0.39 is 0 Å². The van der Waals surface area contributed by atoms with Crippen molar-refractivity contribution in [3.8, 4) is 6.07 Å². The van der Waals surface area contributed by atoms with Crippen molar-refractivity contribution >= 4 is 28.9 Å². The van der Waals surface area contributed by atoms with Crippen LogP contribution in [0.3, 0.4) is 0 Å². The zero-order chi connectivity index (χ0) is 13.1. The molecular weight excluding hydrogens is 268 g/mol. The van der Waals surface area contributed by atoms with Crippen molar-refractivity contribution in [2.45, 2.75) is 6.42 Å². The van der Waals surface area contributed by atoms with Gasteiger partial charge in [-0.15, -0.1) is 0 Å². The number of benzene rings is 2. The number of anilines is 1. The Kier molecular flexibility index (Phi) is 3.76. The second-order valence-corrected chi connectivity index (χ2v) is 4.85. The van der Waals surface area contributed by atoms with Gasteiger partial charge in [0.25, 0.3) is 0 Å². The van der Waals surface area contributed by atoms with Gasteiger partial charge in [-0.3, -0.25) is 0 Å². The maximum Gasteiger partial charge on any atom is 0.0992 e. The SMILES string of the molecule is N#[13C]c1ccc(Cc2cc(Cl)cc(Cl)c2)c(N)c1. The third-order valence-electron chi connectivity index (χ3n) is 2.59. The van der Waals surface area contributed by atoms with Crippen LogP contribution < -0.4 is 5.73 Å². The standard InChI is InChI=1S/C14H10Cl2N2/c15-12-4-10(5-13(16)7-12)3-11-2-1-9(8-17)6-14(11)18/h1-2,4-7H,3,18H2/i8+1. The minimum absolute atomic E-state index is 0.556. The third kappa shape index (κ3) is 2.95. The summed E-state index contributed by atoms with van der Waals surface area (Å²) < 4.78 is 0. The smallest absolute Gasteiger partial charge is 0.0992 e. The van der Waals surface area contributed by atoms with Gasteiger partial charge >= 0.3 is 0 Å². The van der Waals surface area contributed by atoms with Gasteiger partial charge in [0.05, 0.1) is 11.6 Å². The first-order valence-electron chi connectivity index (χ1n) is 5.32. The maximum atomic E-state index is 8.77. The molecule has 0 aromatic heterocycles. The van der Waals surface area contributed by atoms with E-state index in [1.807, 2.05) is 18.2 Å². The number of halogens is 2. The van der Waals surface area contributed by atoms with Crippen LogP contribution in [0.2, 0.25) is 10.0 Å². The van der Waals surface area contributed by atoms with Gasteiger partial charge in [0.2, 0.25) is 0 Å². The van der Waals surface area contributed by atoms with E-state index in [1.54, 1.807) is 18.2 Å². The zero-order valence-corrected chi connectivity index (χ0v) is 11.0. The largest absolute Gasteiger partial charge is 0.398 e. The van der Waals surface area contributed by atoms with Gasteiger partial charge in [-0.25, -0.2) is 0 Å². The summed E-state index contributed by atoms with van der Waals surface area (Å²) in [5.41, 5.74) is 9.00.